The molecule has 59 heavy (non-hydrogen) atoms. The molecule has 4 aromatic carbocycles. The zero-order valence-electron chi connectivity index (χ0n) is 33.1. The van der Waals surface area contributed by atoms with Crippen LogP contribution in [0.2, 0.25) is 0 Å². The maximum atomic E-state index is 14.8. The Bertz CT molecular complexity index is 2480. The van der Waals surface area contributed by atoms with Gasteiger partial charge in [-0.3, -0.25) is 33.8 Å². The number of sulfone groups is 1. The Balaban J connectivity index is 0.00000214. The minimum absolute atomic E-state index is 0.0249. The first-order valence-electron chi connectivity index (χ1n) is 18.3. The normalized spacial score (nSPS) is 14.1. The third-order valence-electron chi connectivity index (χ3n) is 9.60. The number of hydrogen-bond donors (Lipinski definition) is 2. The molecule has 0 bridgehead atoms. The van der Waals surface area contributed by atoms with Crippen molar-refractivity contribution in [2.24, 2.45) is 0 Å². The number of rotatable bonds is 15. The number of methoxy groups -OCH3 is 2. The molecule has 2 N–H and O–H groups in total. The highest BCUT2D eigenvalue weighted by atomic mass is 32.2. The predicted octanol–water partition coefficient (Wildman–Crippen LogP) is 5.40. The lowest BCUT2D eigenvalue weighted by Gasteiger charge is -2.30. The van der Waals surface area contributed by atoms with Gasteiger partial charge in [0, 0.05) is 6.92 Å². The van der Waals surface area contributed by atoms with Crippen molar-refractivity contribution in [3.05, 3.63) is 112 Å². The number of anilines is 1. The number of benzene rings is 4. The van der Waals surface area contributed by atoms with Crippen LogP contribution >= 0.6 is 0 Å². The SMILES string of the molecule is CCOc1cc([C@@H](CS(=O)(=O)C[C@@H](c2ccc(OC)c(OCC)c2)N2C(=O)c3cccc(C)c3C2=O)N2C(=O)c3cccc(NC(C)=O)c3C2=O)ccc1OC.N#CO. The highest BCUT2D eigenvalue weighted by Gasteiger charge is 2.47. The average Bonchev–Trinajstić information content (AvgIpc) is 3.61. The summed E-state index contributed by atoms with van der Waals surface area (Å²) in [6.07, 6.45) is 0.750. The standard InChI is InChI=1S/C41H41N3O11S.CHNO/c1-7-54-34-19-25(15-17-32(34)52-5)30(43-38(46)27-12-9-11-23(3)36(27)40(43)48)21-56(50,51)22-31(26-16-18-33(53-6)35(20-26)55-8-2)44-39(47)28-13-10-14-29(42-24(4)45)37(28)41(44)49;2-1-3/h9-20,30-31H,7-8,21-22H2,1-6H3,(H,42,45);3H/t30-,31+;/m0./s1. The molecule has 0 radical (unpaired) electrons. The van der Waals surface area contributed by atoms with Crippen molar-refractivity contribution in [3.8, 4) is 29.3 Å². The van der Waals surface area contributed by atoms with E-state index in [1.165, 1.54) is 69.7 Å². The second-order valence-corrected chi connectivity index (χ2v) is 15.4. The number of hydrogen-bond acceptors (Lipinski definition) is 13. The molecule has 16 nitrogen and oxygen atoms in total. The number of fused-ring (bicyclic) bond motifs is 2. The van der Waals surface area contributed by atoms with E-state index in [9.17, 15) is 32.4 Å². The monoisotopic (exact) mass is 826 g/mol. The van der Waals surface area contributed by atoms with Crippen LogP contribution in [0.25, 0.3) is 0 Å². The number of amides is 5. The molecule has 2 aliphatic heterocycles. The number of ether oxygens (including phenoxy) is 4. The number of imide groups is 2. The van der Waals surface area contributed by atoms with Crippen molar-refractivity contribution in [3.63, 3.8) is 0 Å². The van der Waals surface area contributed by atoms with Crippen LogP contribution in [0, 0.1) is 18.4 Å². The minimum atomic E-state index is -4.45. The maximum absolute atomic E-state index is 14.8. The van der Waals surface area contributed by atoms with Crippen LogP contribution in [0.15, 0.2) is 72.8 Å². The first kappa shape index (κ1) is 43.2. The Morgan fingerprint density at radius 1 is 0.729 bits per heavy atom. The van der Waals surface area contributed by atoms with Gasteiger partial charge in [0.1, 0.15) is 0 Å². The van der Waals surface area contributed by atoms with E-state index in [1.54, 1.807) is 45.0 Å². The third-order valence-corrected chi connectivity index (χ3v) is 11.3. The van der Waals surface area contributed by atoms with Gasteiger partial charge < -0.3 is 29.4 Å². The van der Waals surface area contributed by atoms with Gasteiger partial charge in [-0.25, -0.2) is 8.42 Å². The van der Waals surface area contributed by atoms with Crippen molar-refractivity contribution in [1.29, 1.82) is 5.26 Å². The molecule has 0 saturated carbocycles. The van der Waals surface area contributed by atoms with Gasteiger partial charge in [-0.15, -0.1) is 0 Å². The summed E-state index contributed by atoms with van der Waals surface area (Å²) in [6, 6.07) is 15.7. The molecule has 4 aromatic rings. The lowest BCUT2D eigenvalue weighted by molar-refractivity contribution is -0.114. The topological polar surface area (TPSA) is 219 Å². The summed E-state index contributed by atoms with van der Waals surface area (Å²) in [5, 5.41) is 16.3. The lowest BCUT2D eigenvalue weighted by atomic mass is 10.0. The summed E-state index contributed by atoms with van der Waals surface area (Å²) in [7, 11) is -1.57. The average molecular weight is 827 g/mol. The zero-order valence-corrected chi connectivity index (χ0v) is 33.9. The highest BCUT2D eigenvalue weighted by molar-refractivity contribution is 7.91. The molecular weight excluding hydrogens is 785 g/mol. The van der Waals surface area contributed by atoms with Gasteiger partial charge in [0.15, 0.2) is 32.8 Å². The second kappa shape index (κ2) is 18.1. The highest BCUT2D eigenvalue weighted by Crippen LogP contribution is 2.41. The van der Waals surface area contributed by atoms with Gasteiger partial charge in [-0.05, 0) is 79.9 Å². The molecule has 0 aliphatic carbocycles. The van der Waals surface area contributed by atoms with Crippen molar-refractivity contribution in [2.45, 2.75) is 39.8 Å². The minimum Gasteiger partial charge on any atom is -0.493 e. The van der Waals surface area contributed by atoms with Gasteiger partial charge in [0.05, 0.1) is 79.0 Å². The van der Waals surface area contributed by atoms with E-state index < -0.39 is 63.0 Å². The quantitative estimate of drug-likeness (QED) is 0.114. The Morgan fingerprint density at radius 3 is 1.59 bits per heavy atom. The van der Waals surface area contributed by atoms with Crippen molar-refractivity contribution in [1.82, 2.24) is 9.80 Å². The summed E-state index contributed by atoms with van der Waals surface area (Å²) in [5.41, 5.74) is 1.32. The van der Waals surface area contributed by atoms with E-state index in [0.717, 1.165) is 16.1 Å². The van der Waals surface area contributed by atoms with Crippen LogP contribution in [0.4, 0.5) is 5.69 Å². The number of carbonyl (C=O) groups is 5. The second-order valence-electron chi connectivity index (χ2n) is 13.3. The molecule has 2 aliphatic rings. The lowest BCUT2D eigenvalue weighted by Crippen LogP contribution is -2.41. The van der Waals surface area contributed by atoms with Gasteiger partial charge in [-0.2, -0.15) is 5.26 Å². The fourth-order valence-corrected chi connectivity index (χ4v) is 8.94. The molecule has 2 heterocycles. The van der Waals surface area contributed by atoms with Crippen LogP contribution in [0.3, 0.4) is 0 Å². The Kier molecular flexibility index (Phi) is 13.3. The van der Waals surface area contributed by atoms with Gasteiger partial charge in [0.25, 0.3) is 29.9 Å². The molecule has 308 valence electrons. The summed E-state index contributed by atoms with van der Waals surface area (Å²) in [4.78, 5) is 70.4. The van der Waals surface area contributed by atoms with E-state index in [1.807, 2.05) is 0 Å². The summed E-state index contributed by atoms with van der Waals surface area (Å²) in [6.45, 7) is 6.92. The molecule has 6 rings (SSSR count). The number of carbonyl (C=O) groups excluding carboxylic acids is 5. The molecule has 17 heteroatoms. The van der Waals surface area contributed by atoms with Crippen molar-refractivity contribution >= 4 is 45.1 Å². The number of nitrogens with one attached hydrogen (secondary N) is 1. The van der Waals surface area contributed by atoms with E-state index in [0.29, 0.717) is 17.1 Å². The van der Waals surface area contributed by atoms with E-state index in [-0.39, 0.29) is 63.8 Å². The summed E-state index contributed by atoms with van der Waals surface area (Å²) >= 11 is 0. The molecular formula is C42H42N4O12S. The van der Waals surface area contributed by atoms with Gasteiger partial charge >= 0.3 is 0 Å². The zero-order chi connectivity index (χ0) is 43.2. The fraction of sp³-hybridized carbons (Fsp3) is 0.286. The third kappa shape index (κ3) is 8.67. The van der Waals surface area contributed by atoms with Gasteiger partial charge in [-0.1, -0.05) is 30.3 Å². The van der Waals surface area contributed by atoms with Crippen LogP contribution in [-0.2, 0) is 14.6 Å². The van der Waals surface area contributed by atoms with Crippen molar-refractivity contribution in [2.75, 3.05) is 44.3 Å². The molecule has 5 amide bonds. The summed E-state index contributed by atoms with van der Waals surface area (Å²) < 4.78 is 52.0. The summed E-state index contributed by atoms with van der Waals surface area (Å²) in [5.74, 6) is -3.86. The largest absolute Gasteiger partial charge is 0.493 e. The van der Waals surface area contributed by atoms with E-state index in [2.05, 4.69) is 5.32 Å². The molecule has 0 saturated heterocycles. The van der Waals surface area contributed by atoms with Gasteiger partial charge in [0.2, 0.25) is 5.91 Å². The number of nitriles is 1. The van der Waals surface area contributed by atoms with Crippen molar-refractivity contribution < 1.29 is 56.4 Å². The smallest absolute Gasteiger partial charge is 0.283 e. The van der Waals surface area contributed by atoms with Crippen LogP contribution in [-0.4, -0.2) is 91.8 Å². The predicted molar refractivity (Wildman–Crippen MR) is 213 cm³/mol. The first-order valence-corrected chi connectivity index (χ1v) is 20.1. The Morgan fingerprint density at radius 2 is 1.17 bits per heavy atom. The molecule has 0 fully saturated rings. The Hall–Kier alpha value is -6.93. The van der Waals surface area contributed by atoms with E-state index in [4.69, 9.17) is 29.3 Å². The molecule has 0 spiro atoms. The van der Waals surface area contributed by atoms with Crippen LogP contribution < -0.4 is 24.3 Å². The number of aliphatic hydroxyl groups is 1. The van der Waals surface area contributed by atoms with Crippen LogP contribution in [0.1, 0.15) is 91.0 Å². The van der Waals surface area contributed by atoms with E-state index >= 15 is 0 Å². The number of aryl methyl sites for hydroxylation is 1. The Labute approximate surface area is 340 Å². The number of nitrogens with zero attached hydrogens (tertiary/aromatic N) is 3. The molecule has 2 atom stereocenters. The van der Waals surface area contributed by atoms with Crippen LogP contribution in [0.5, 0.6) is 23.0 Å². The molecule has 0 unspecified atom stereocenters. The maximum Gasteiger partial charge on any atom is 0.283 e. The fourth-order valence-electron chi connectivity index (χ4n) is 7.16. The molecule has 0 aromatic heterocycles. The number of aliphatic hydroxyl groups excluding tert-OH is 1. The first-order chi connectivity index (χ1) is 28.2.